The number of carbonyl (C=O) groups excluding carboxylic acids is 1. The van der Waals surface area contributed by atoms with Gasteiger partial charge in [-0.3, -0.25) is 4.79 Å². The number of ether oxygens (including phenoxy) is 1. The molecule has 0 bridgehead atoms. The van der Waals surface area contributed by atoms with Crippen LogP contribution in [0, 0.1) is 0 Å². The number of methoxy groups -OCH3 is 1. The minimum absolute atomic E-state index is 0.0752. The quantitative estimate of drug-likeness (QED) is 0.680. The van der Waals surface area contributed by atoms with E-state index in [1.54, 1.807) is 7.11 Å². The van der Waals surface area contributed by atoms with Crippen LogP contribution >= 0.6 is 11.8 Å². The van der Waals surface area contributed by atoms with Crippen molar-refractivity contribution in [3.05, 3.63) is 54.1 Å². The van der Waals surface area contributed by atoms with Crippen LogP contribution in [0.15, 0.2) is 53.5 Å². The van der Waals surface area contributed by atoms with E-state index in [1.165, 1.54) is 11.8 Å². The Bertz CT molecular complexity index is 1100. The van der Waals surface area contributed by atoms with Crippen molar-refractivity contribution in [1.82, 2.24) is 0 Å². The zero-order chi connectivity index (χ0) is 22.2. The van der Waals surface area contributed by atoms with Gasteiger partial charge >= 0.3 is 0 Å². The number of aliphatic imine (C=N–C) groups is 1. The van der Waals surface area contributed by atoms with Crippen molar-refractivity contribution in [2.24, 2.45) is 4.99 Å². The summed E-state index contributed by atoms with van der Waals surface area (Å²) in [6.07, 6.45) is 0.176. The van der Waals surface area contributed by atoms with E-state index in [2.05, 4.69) is 4.99 Å². The average Bonchev–Trinajstić information content (AvgIpc) is 3.19. The van der Waals surface area contributed by atoms with Crippen molar-refractivity contribution < 1.29 is 17.9 Å². The lowest BCUT2D eigenvalue weighted by Gasteiger charge is -2.25. The van der Waals surface area contributed by atoms with Crippen LogP contribution < -0.4 is 14.5 Å². The number of amidine groups is 1. The summed E-state index contributed by atoms with van der Waals surface area (Å²) in [6, 6.07) is 15.0. The van der Waals surface area contributed by atoms with Gasteiger partial charge in [0.2, 0.25) is 0 Å². The Morgan fingerprint density at radius 2 is 1.81 bits per heavy atom. The summed E-state index contributed by atoms with van der Waals surface area (Å²) in [5, 5.41) is 0.451. The molecule has 0 saturated carbocycles. The SMILES string of the molecule is COc1ccc(CC(=O)N=C2S[C@H]3CS(=O)(=O)C[C@@H]3N2c2ccc(N(C)C)cc2)cc1. The first-order chi connectivity index (χ1) is 14.8. The Labute approximate surface area is 187 Å². The molecular formula is C22H25N3O4S2. The molecule has 2 heterocycles. The molecule has 0 radical (unpaired) electrons. The van der Waals surface area contributed by atoms with Gasteiger partial charge in [-0.1, -0.05) is 23.9 Å². The fourth-order valence-electron chi connectivity index (χ4n) is 3.84. The number of rotatable bonds is 5. The molecule has 2 aromatic carbocycles. The highest BCUT2D eigenvalue weighted by molar-refractivity contribution is 8.16. The van der Waals surface area contributed by atoms with Crippen LogP contribution in [0.4, 0.5) is 11.4 Å². The van der Waals surface area contributed by atoms with Gasteiger partial charge in [0.25, 0.3) is 5.91 Å². The Kier molecular flexibility index (Phi) is 5.98. The highest BCUT2D eigenvalue weighted by Gasteiger charge is 2.49. The second-order valence-electron chi connectivity index (χ2n) is 7.89. The summed E-state index contributed by atoms with van der Waals surface area (Å²) >= 11 is 1.39. The Morgan fingerprint density at radius 3 is 2.42 bits per heavy atom. The molecule has 2 atom stereocenters. The molecule has 0 aromatic heterocycles. The van der Waals surface area contributed by atoms with Crippen LogP contribution in [0.2, 0.25) is 0 Å². The second-order valence-corrected chi connectivity index (χ2v) is 11.3. The first-order valence-corrected chi connectivity index (χ1v) is 12.6. The normalized spacial score (nSPS) is 23.1. The molecule has 7 nitrogen and oxygen atoms in total. The van der Waals surface area contributed by atoms with Gasteiger partial charge in [-0.05, 0) is 42.0 Å². The summed E-state index contributed by atoms with van der Waals surface area (Å²) in [7, 11) is 2.43. The Balaban J connectivity index is 1.60. The van der Waals surface area contributed by atoms with Gasteiger partial charge in [0.1, 0.15) is 5.75 Å². The number of sulfone groups is 1. The van der Waals surface area contributed by atoms with Crippen molar-refractivity contribution in [3.8, 4) is 5.75 Å². The maximum atomic E-state index is 12.7. The van der Waals surface area contributed by atoms with E-state index in [9.17, 15) is 13.2 Å². The molecule has 164 valence electrons. The molecule has 2 aliphatic heterocycles. The van der Waals surface area contributed by atoms with Crippen LogP contribution in [-0.2, 0) is 21.1 Å². The topological polar surface area (TPSA) is 79.3 Å². The minimum atomic E-state index is -3.10. The summed E-state index contributed by atoms with van der Waals surface area (Å²) in [5.41, 5.74) is 2.74. The zero-order valence-corrected chi connectivity index (χ0v) is 19.3. The Hall–Kier alpha value is -2.52. The number of anilines is 2. The molecule has 0 spiro atoms. The van der Waals surface area contributed by atoms with E-state index in [0.29, 0.717) is 5.17 Å². The summed E-state index contributed by atoms with van der Waals surface area (Å²) in [5.74, 6) is 0.659. The van der Waals surface area contributed by atoms with Gasteiger partial charge in [-0.25, -0.2) is 8.42 Å². The van der Waals surface area contributed by atoms with Crippen molar-refractivity contribution in [1.29, 1.82) is 0 Å². The Morgan fingerprint density at radius 1 is 1.13 bits per heavy atom. The first kappa shape index (κ1) is 21.7. The molecule has 4 rings (SSSR count). The van der Waals surface area contributed by atoms with Gasteiger partial charge in [-0.15, -0.1) is 0 Å². The largest absolute Gasteiger partial charge is 0.497 e. The van der Waals surface area contributed by atoms with Crippen molar-refractivity contribution in [3.63, 3.8) is 0 Å². The number of benzene rings is 2. The van der Waals surface area contributed by atoms with E-state index in [-0.39, 0.29) is 35.1 Å². The summed E-state index contributed by atoms with van der Waals surface area (Å²) < 4.78 is 29.6. The van der Waals surface area contributed by atoms with Crippen LogP contribution in [0.5, 0.6) is 5.75 Å². The van der Waals surface area contributed by atoms with Crippen LogP contribution in [-0.4, -0.2) is 63.5 Å². The lowest BCUT2D eigenvalue weighted by atomic mass is 10.1. The van der Waals surface area contributed by atoms with Gasteiger partial charge in [0.15, 0.2) is 15.0 Å². The van der Waals surface area contributed by atoms with E-state index in [0.717, 1.165) is 22.7 Å². The number of thioether (sulfide) groups is 1. The number of carbonyl (C=O) groups is 1. The summed E-state index contributed by atoms with van der Waals surface area (Å²) in [4.78, 5) is 21.0. The molecule has 0 unspecified atom stereocenters. The molecular weight excluding hydrogens is 434 g/mol. The van der Waals surface area contributed by atoms with E-state index in [1.807, 2.05) is 72.4 Å². The number of amides is 1. The first-order valence-electron chi connectivity index (χ1n) is 9.94. The molecule has 0 N–H and O–H groups in total. The molecule has 1 amide bonds. The molecule has 2 fully saturated rings. The molecule has 2 saturated heterocycles. The van der Waals surface area contributed by atoms with Gasteiger partial charge < -0.3 is 14.5 Å². The number of hydrogen-bond donors (Lipinski definition) is 0. The van der Waals surface area contributed by atoms with Gasteiger partial charge in [0.05, 0.1) is 31.1 Å². The highest BCUT2D eigenvalue weighted by Crippen LogP contribution is 2.41. The van der Waals surface area contributed by atoms with Gasteiger partial charge in [0, 0.05) is 30.7 Å². The third-order valence-corrected chi connectivity index (χ3v) is 8.66. The zero-order valence-electron chi connectivity index (χ0n) is 17.7. The lowest BCUT2D eigenvalue weighted by Crippen LogP contribution is -2.37. The third kappa shape index (κ3) is 4.72. The summed E-state index contributed by atoms with van der Waals surface area (Å²) in [6.45, 7) is 0. The van der Waals surface area contributed by atoms with E-state index < -0.39 is 9.84 Å². The fourth-order valence-corrected chi connectivity index (χ4v) is 7.77. The molecule has 31 heavy (non-hydrogen) atoms. The maximum absolute atomic E-state index is 12.7. The lowest BCUT2D eigenvalue weighted by molar-refractivity contribution is -0.117. The smallest absolute Gasteiger partial charge is 0.252 e. The number of nitrogens with zero attached hydrogens (tertiary/aromatic N) is 3. The monoisotopic (exact) mass is 459 g/mol. The minimum Gasteiger partial charge on any atom is -0.497 e. The van der Waals surface area contributed by atoms with E-state index in [4.69, 9.17) is 4.74 Å². The molecule has 9 heteroatoms. The fraction of sp³-hybridized carbons (Fsp3) is 0.364. The van der Waals surface area contributed by atoms with E-state index >= 15 is 0 Å². The number of hydrogen-bond acceptors (Lipinski definition) is 6. The van der Waals surface area contributed by atoms with Crippen molar-refractivity contribution >= 4 is 44.0 Å². The predicted octanol–water partition coefficient (Wildman–Crippen LogP) is 2.61. The third-order valence-electron chi connectivity index (χ3n) is 5.45. The van der Waals surface area contributed by atoms with Gasteiger partial charge in [-0.2, -0.15) is 4.99 Å². The van der Waals surface area contributed by atoms with Crippen molar-refractivity contribution in [2.75, 3.05) is 42.5 Å². The van der Waals surface area contributed by atoms with Crippen LogP contribution in [0.25, 0.3) is 0 Å². The molecule has 2 aliphatic rings. The maximum Gasteiger partial charge on any atom is 0.252 e. The van der Waals surface area contributed by atoms with Crippen LogP contribution in [0.1, 0.15) is 5.56 Å². The second kappa shape index (κ2) is 8.55. The predicted molar refractivity (Wildman–Crippen MR) is 126 cm³/mol. The number of fused-ring (bicyclic) bond motifs is 1. The molecule has 2 aromatic rings. The molecule has 0 aliphatic carbocycles. The standard InChI is InChI=1S/C22H25N3O4S2/c1-24(2)16-6-8-17(9-7-16)25-19-13-31(27,28)14-20(19)30-22(25)23-21(26)12-15-4-10-18(29-3)11-5-15/h4-11,19-20H,12-14H2,1-3H3/t19-,20-/m0/s1. The highest BCUT2D eigenvalue weighted by atomic mass is 32.2. The van der Waals surface area contributed by atoms with Crippen molar-refractivity contribution in [2.45, 2.75) is 17.7 Å². The van der Waals surface area contributed by atoms with Crippen LogP contribution in [0.3, 0.4) is 0 Å². The average molecular weight is 460 g/mol.